The number of anilines is 1. The van der Waals surface area contributed by atoms with Crippen molar-refractivity contribution in [3.63, 3.8) is 0 Å². The molecule has 1 N–H and O–H groups in total. The molecule has 1 aliphatic carbocycles. The molecule has 0 radical (unpaired) electrons. The lowest BCUT2D eigenvalue weighted by molar-refractivity contribution is -0.137. The summed E-state index contributed by atoms with van der Waals surface area (Å²) in [7, 11) is 0. The first kappa shape index (κ1) is 18.8. The van der Waals surface area contributed by atoms with Gasteiger partial charge in [-0.05, 0) is 48.7 Å². The first-order chi connectivity index (χ1) is 13.6. The molecule has 28 heavy (non-hydrogen) atoms. The Morgan fingerprint density at radius 1 is 1.07 bits per heavy atom. The zero-order valence-corrected chi connectivity index (χ0v) is 16.4. The van der Waals surface area contributed by atoms with Crippen LogP contribution in [0.15, 0.2) is 60.7 Å². The largest absolute Gasteiger partial charge is 0.351 e. The lowest BCUT2D eigenvalue weighted by Crippen LogP contribution is -2.70. The number of hydrogen-bond donors (Lipinski definition) is 1. The quantitative estimate of drug-likeness (QED) is 0.754. The lowest BCUT2D eigenvalue weighted by Gasteiger charge is -2.49. The highest BCUT2D eigenvalue weighted by Crippen LogP contribution is 2.40. The summed E-state index contributed by atoms with van der Waals surface area (Å²) in [4.78, 5) is 27.5. The normalized spacial score (nSPS) is 22.5. The van der Waals surface area contributed by atoms with Crippen molar-refractivity contribution < 1.29 is 9.59 Å². The third kappa shape index (κ3) is 3.57. The third-order valence-corrected chi connectivity index (χ3v) is 5.84. The summed E-state index contributed by atoms with van der Waals surface area (Å²) < 4.78 is 0. The fraction of sp³-hybridized carbons (Fsp3) is 0.304. The summed E-state index contributed by atoms with van der Waals surface area (Å²) in [5.74, 6) is -0.178. The van der Waals surface area contributed by atoms with E-state index in [2.05, 4.69) is 5.32 Å². The van der Waals surface area contributed by atoms with Crippen molar-refractivity contribution in [2.45, 2.75) is 43.7 Å². The number of β-lactam (4-membered cyclic amide) rings is 1. The van der Waals surface area contributed by atoms with E-state index >= 15 is 0 Å². The highest BCUT2D eigenvalue weighted by atomic mass is 35.5. The van der Waals surface area contributed by atoms with Crippen LogP contribution in [-0.2, 0) is 9.59 Å². The summed E-state index contributed by atoms with van der Waals surface area (Å²) in [5.41, 5.74) is 0.662. The molecule has 5 heteroatoms. The van der Waals surface area contributed by atoms with Crippen LogP contribution in [0.3, 0.4) is 0 Å². The Bertz CT molecular complexity index is 889. The number of carbonyl (C=O) groups excluding carboxylic acids is 2. The molecule has 1 saturated carbocycles. The van der Waals surface area contributed by atoms with E-state index in [1.165, 1.54) is 0 Å². The van der Waals surface area contributed by atoms with Gasteiger partial charge in [0.1, 0.15) is 0 Å². The van der Waals surface area contributed by atoms with Crippen LogP contribution in [-0.4, -0.2) is 23.4 Å². The molecule has 2 aliphatic rings. The number of benzene rings is 2. The van der Waals surface area contributed by atoms with Crippen molar-refractivity contribution >= 4 is 35.2 Å². The summed E-state index contributed by atoms with van der Waals surface area (Å²) in [6, 6.07) is 17.1. The van der Waals surface area contributed by atoms with Gasteiger partial charge in [-0.3, -0.25) is 14.5 Å². The van der Waals surface area contributed by atoms with E-state index in [1.807, 2.05) is 42.5 Å². The van der Waals surface area contributed by atoms with Gasteiger partial charge >= 0.3 is 0 Å². The van der Waals surface area contributed by atoms with E-state index in [0.717, 1.165) is 31.2 Å². The minimum absolute atomic E-state index is 0.0680. The van der Waals surface area contributed by atoms with E-state index in [1.54, 1.807) is 29.2 Å². The number of rotatable bonds is 5. The molecule has 4 rings (SSSR count). The smallest absolute Gasteiger partial charge is 0.251 e. The van der Waals surface area contributed by atoms with Crippen molar-refractivity contribution in [3.05, 3.63) is 71.3 Å². The van der Waals surface area contributed by atoms with Gasteiger partial charge in [0.2, 0.25) is 5.91 Å². The van der Waals surface area contributed by atoms with Crippen LogP contribution in [0.2, 0.25) is 5.02 Å². The molecule has 0 spiro atoms. The Hall–Kier alpha value is -2.59. The fourth-order valence-electron chi connectivity index (χ4n) is 4.05. The second kappa shape index (κ2) is 7.80. The number of carbonyl (C=O) groups is 2. The number of amides is 2. The van der Waals surface area contributed by atoms with Gasteiger partial charge in [0.15, 0.2) is 5.54 Å². The van der Waals surface area contributed by atoms with Gasteiger partial charge in [0.25, 0.3) is 5.91 Å². The monoisotopic (exact) mass is 394 g/mol. The zero-order valence-electron chi connectivity index (χ0n) is 15.6. The summed E-state index contributed by atoms with van der Waals surface area (Å²) in [5, 5.41) is 3.77. The van der Waals surface area contributed by atoms with E-state index in [-0.39, 0.29) is 24.3 Å². The standard InChI is InChI=1S/C23H23ClN2O2/c24-18-10-12-20(13-11-18)26-21(27)16-23(26,15-14-17-6-2-1-3-7-17)22(28)25-19-8-4-5-9-19/h1-3,6-7,10-15,19H,4-5,8-9,16H2,(H,25,28). The average Bonchev–Trinajstić information content (AvgIpc) is 3.20. The van der Waals surface area contributed by atoms with Gasteiger partial charge in [-0.15, -0.1) is 0 Å². The maximum Gasteiger partial charge on any atom is 0.251 e. The molecule has 2 aromatic rings. The molecule has 144 valence electrons. The Labute approximate surface area is 170 Å². The number of halogens is 1. The second-order valence-electron chi connectivity index (χ2n) is 7.51. The molecule has 1 heterocycles. The van der Waals surface area contributed by atoms with Crippen LogP contribution >= 0.6 is 11.6 Å². The van der Waals surface area contributed by atoms with Crippen molar-refractivity contribution in [1.82, 2.24) is 5.32 Å². The molecule has 2 aromatic carbocycles. The maximum atomic E-state index is 13.3. The van der Waals surface area contributed by atoms with Crippen LogP contribution in [0.25, 0.3) is 6.08 Å². The van der Waals surface area contributed by atoms with Gasteiger partial charge in [-0.25, -0.2) is 0 Å². The maximum absolute atomic E-state index is 13.3. The molecule has 4 nitrogen and oxygen atoms in total. The first-order valence-electron chi connectivity index (χ1n) is 9.72. The lowest BCUT2D eigenvalue weighted by atomic mass is 9.80. The van der Waals surface area contributed by atoms with Gasteiger partial charge < -0.3 is 5.32 Å². The SMILES string of the molecule is O=C1CC(C=Cc2ccccc2)(C(=O)NC2CCCC2)N1c1ccc(Cl)cc1. The zero-order chi connectivity index (χ0) is 19.6. The van der Waals surface area contributed by atoms with Crippen LogP contribution in [0.5, 0.6) is 0 Å². The van der Waals surface area contributed by atoms with Gasteiger partial charge in [-0.1, -0.05) is 60.9 Å². The molecular weight excluding hydrogens is 372 g/mol. The number of nitrogens with zero attached hydrogens (tertiary/aromatic N) is 1. The molecule has 0 aromatic heterocycles. The van der Waals surface area contributed by atoms with Crippen LogP contribution < -0.4 is 10.2 Å². The predicted octanol–water partition coefficient (Wildman–Crippen LogP) is 4.59. The molecule has 0 bridgehead atoms. The van der Waals surface area contributed by atoms with Crippen molar-refractivity contribution in [1.29, 1.82) is 0 Å². The summed E-state index contributed by atoms with van der Waals surface area (Å²) in [6.45, 7) is 0. The minimum Gasteiger partial charge on any atom is -0.351 e. The topological polar surface area (TPSA) is 49.4 Å². The fourth-order valence-corrected chi connectivity index (χ4v) is 4.18. The molecule has 1 atom stereocenters. The molecule has 1 saturated heterocycles. The predicted molar refractivity (Wildman–Crippen MR) is 112 cm³/mol. The van der Waals surface area contributed by atoms with E-state index in [9.17, 15) is 9.59 Å². The van der Waals surface area contributed by atoms with E-state index in [4.69, 9.17) is 11.6 Å². The van der Waals surface area contributed by atoms with Crippen LogP contribution in [0, 0.1) is 0 Å². The van der Waals surface area contributed by atoms with Crippen LogP contribution in [0.1, 0.15) is 37.7 Å². The Morgan fingerprint density at radius 3 is 2.39 bits per heavy atom. The minimum atomic E-state index is -1.01. The summed E-state index contributed by atoms with van der Waals surface area (Å²) in [6.07, 6.45) is 8.22. The molecule has 2 fully saturated rings. The molecule has 2 amide bonds. The van der Waals surface area contributed by atoms with Gasteiger partial charge in [-0.2, -0.15) is 0 Å². The highest BCUT2D eigenvalue weighted by molar-refractivity contribution is 6.30. The summed E-state index contributed by atoms with van der Waals surface area (Å²) >= 11 is 6.01. The second-order valence-corrected chi connectivity index (χ2v) is 7.94. The van der Waals surface area contributed by atoms with E-state index < -0.39 is 5.54 Å². The van der Waals surface area contributed by atoms with Crippen molar-refractivity contribution in [2.24, 2.45) is 0 Å². The highest BCUT2D eigenvalue weighted by Gasteiger charge is 2.55. The van der Waals surface area contributed by atoms with Gasteiger partial charge in [0, 0.05) is 16.8 Å². The third-order valence-electron chi connectivity index (χ3n) is 5.59. The Balaban J connectivity index is 1.68. The molecule has 1 aliphatic heterocycles. The molecular formula is C23H23ClN2O2. The Morgan fingerprint density at radius 2 is 1.75 bits per heavy atom. The molecule has 1 unspecified atom stereocenters. The first-order valence-corrected chi connectivity index (χ1v) is 10.1. The Kier molecular flexibility index (Phi) is 5.23. The van der Waals surface area contributed by atoms with Crippen molar-refractivity contribution in [3.8, 4) is 0 Å². The van der Waals surface area contributed by atoms with Gasteiger partial charge in [0.05, 0.1) is 6.42 Å². The number of hydrogen-bond acceptors (Lipinski definition) is 2. The number of nitrogens with one attached hydrogen (secondary N) is 1. The van der Waals surface area contributed by atoms with E-state index in [0.29, 0.717) is 10.7 Å². The van der Waals surface area contributed by atoms with Crippen molar-refractivity contribution in [2.75, 3.05) is 4.90 Å². The average molecular weight is 395 g/mol. The van der Waals surface area contributed by atoms with Crippen LogP contribution in [0.4, 0.5) is 5.69 Å².